The average molecular weight is 288 g/mol. The van der Waals surface area contributed by atoms with Crippen molar-refractivity contribution in [1.82, 2.24) is 4.98 Å². The second-order valence-electron chi connectivity index (χ2n) is 4.00. The molecule has 1 N–H and O–H groups in total. The Labute approximate surface area is 119 Å². The fourth-order valence-corrected chi connectivity index (χ4v) is 2.54. The monoisotopic (exact) mass is 288 g/mol. The molecule has 0 saturated heterocycles. The molecule has 1 heterocycles. The van der Waals surface area contributed by atoms with Crippen LogP contribution >= 0.6 is 11.3 Å². The summed E-state index contributed by atoms with van der Waals surface area (Å²) in [5.41, 5.74) is 0.193. The van der Waals surface area contributed by atoms with Crippen molar-refractivity contribution in [3.8, 4) is 6.07 Å². The van der Waals surface area contributed by atoms with Crippen molar-refractivity contribution in [2.45, 2.75) is 19.9 Å². The van der Waals surface area contributed by atoms with Crippen LogP contribution in [0.3, 0.4) is 0 Å². The molecule has 2 rings (SSSR count). The Bertz CT molecular complexity index is 675. The quantitative estimate of drug-likeness (QED) is 0.674. The second kappa shape index (κ2) is 6.12. The van der Waals surface area contributed by atoms with E-state index < -0.39 is 4.92 Å². The zero-order valence-electron chi connectivity index (χ0n) is 10.8. The molecule has 0 amide bonds. The smallest absolute Gasteiger partial charge is 0.309 e. The van der Waals surface area contributed by atoms with Gasteiger partial charge in [-0.3, -0.25) is 10.1 Å². The van der Waals surface area contributed by atoms with Crippen LogP contribution in [0.2, 0.25) is 0 Å². The predicted molar refractivity (Wildman–Crippen MR) is 76.6 cm³/mol. The van der Waals surface area contributed by atoms with E-state index in [4.69, 9.17) is 5.26 Å². The molecule has 7 heteroatoms. The molecule has 0 saturated carbocycles. The van der Waals surface area contributed by atoms with Gasteiger partial charge in [-0.1, -0.05) is 13.0 Å². The van der Waals surface area contributed by atoms with Gasteiger partial charge >= 0.3 is 5.69 Å². The van der Waals surface area contributed by atoms with Gasteiger partial charge in [0.25, 0.3) is 0 Å². The predicted octanol–water partition coefficient (Wildman–Crippen LogP) is 3.10. The Balaban J connectivity index is 2.21. The van der Waals surface area contributed by atoms with Crippen LogP contribution in [0, 0.1) is 21.4 Å². The molecule has 0 bridgehead atoms. The summed E-state index contributed by atoms with van der Waals surface area (Å²) in [6.07, 6.45) is 2.73. The summed E-state index contributed by atoms with van der Waals surface area (Å²) in [6, 6.07) is 6.48. The molecule has 0 aliphatic carbocycles. The minimum absolute atomic E-state index is 0.0494. The lowest BCUT2D eigenvalue weighted by molar-refractivity contribution is -0.384. The molecule has 0 atom stereocenters. The number of nitro benzene ring substituents is 1. The van der Waals surface area contributed by atoms with Gasteiger partial charge in [0.2, 0.25) is 0 Å². The first kappa shape index (κ1) is 14.0. The zero-order chi connectivity index (χ0) is 14.5. The van der Waals surface area contributed by atoms with E-state index in [0.29, 0.717) is 12.2 Å². The van der Waals surface area contributed by atoms with Crippen molar-refractivity contribution in [3.63, 3.8) is 0 Å². The van der Waals surface area contributed by atoms with Gasteiger partial charge < -0.3 is 5.32 Å². The van der Waals surface area contributed by atoms with Gasteiger partial charge in [-0.25, -0.2) is 4.98 Å². The first-order chi connectivity index (χ1) is 9.65. The van der Waals surface area contributed by atoms with Crippen molar-refractivity contribution >= 4 is 22.7 Å². The number of thiazole rings is 1. The second-order valence-corrected chi connectivity index (χ2v) is 5.20. The third kappa shape index (κ3) is 2.92. The lowest BCUT2D eigenvalue weighted by Gasteiger charge is -2.05. The van der Waals surface area contributed by atoms with E-state index in [1.807, 2.05) is 19.2 Å². The largest absolute Gasteiger partial charge is 0.373 e. The fourth-order valence-electron chi connectivity index (χ4n) is 1.74. The van der Waals surface area contributed by atoms with Gasteiger partial charge in [-0.15, -0.1) is 11.3 Å². The standard InChI is InChI=1S/C13H12N4O2S/c1-2-10-7-16-12(20-10)8-15-11-5-3-4-9(6-14)13(11)17(18)19/h3-5,7,15H,2,8H2,1H3. The molecule has 0 fully saturated rings. The third-order valence-corrected chi connectivity index (χ3v) is 3.86. The topological polar surface area (TPSA) is 91.8 Å². The molecule has 20 heavy (non-hydrogen) atoms. The Hall–Kier alpha value is -2.46. The molecule has 102 valence electrons. The van der Waals surface area contributed by atoms with Crippen LogP contribution in [0.15, 0.2) is 24.4 Å². The van der Waals surface area contributed by atoms with Gasteiger partial charge in [0.05, 0.1) is 11.5 Å². The number of benzene rings is 1. The number of aromatic nitrogens is 1. The average Bonchev–Trinajstić information content (AvgIpc) is 2.92. The van der Waals surface area contributed by atoms with E-state index >= 15 is 0 Å². The Kier molecular flexibility index (Phi) is 4.27. The summed E-state index contributed by atoms with van der Waals surface area (Å²) in [7, 11) is 0. The molecule has 6 nitrogen and oxygen atoms in total. The van der Waals surface area contributed by atoms with E-state index in [1.54, 1.807) is 23.5 Å². The lowest BCUT2D eigenvalue weighted by Crippen LogP contribution is -2.03. The molecule has 0 radical (unpaired) electrons. The highest BCUT2D eigenvalue weighted by atomic mass is 32.1. The number of hydrogen-bond donors (Lipinski definition) is 1. The van der Waals surface area contributed by atoms with E-state index in [0.717, 1.165) is 11.4 Å². The maximum Gasteiger partial charge on any atom is 0.309 e. The molecular formula is C13H12N4O2S. The van der Waals surface area contributed by atoms with Crippen LogP contribution in [0.25, 0.3) is 0 Å². The Morgan fingerprint density at radius 1 is 1.55 bits per heavy atom. The summed E-state index contributed by atoms with van der Waals surface area (Å²) in [5.74, 6) is 0. The number of para-hydroxylation sites is 1. The summed E-state index contributed by atoms with van der Waals surface area (Å²) in [5, 5.41) is 23.8. The minimum Gasteiger partial charge on any atom is -0.373 e. The first-order valence-corrected chi connectivity index (χ1v) is 6.82. The van der Waals surface area contributed by atoms with E-state index in [1.165, 1.54) is 10.9 Å². The summed E-state index contributed by atoms with van der Waals surface area (Å²) < 4.78 is 0. The van der Waals surface area contributed by atoms with E-state index in [-0.39, 0.29) is 11.3 Å². The number of aryl methyl sites for hydroxylation is 1. The number of nitrogens with zero attached hydrogens (tertiary/aromatic N) is 3. The van der Waals surface area contributed by atoms with Gasteiger partial charge in [0, 0.05) is 11.1 Å². The van der Waals surface area contributed by atoms with Gasteiger partial charge in [0.1, 0.15) is 22.3 Å². The highest BCUT2D eigenvalue weighted by Crippen LogP contribution is 2.28. The molecule has 0 aliphatic heterocycles. The molecule has 0 unspecified atom stereocenters. The zero-order valence-corrected chi connectivity index (χ0v) is 11.6. The number of anilines is 1. The number of hydrogen-bond acceptors (Lipinski definition) is 6. The van der Waals surface area contributed by atoms with E-state index in [2.05, 4.69) is 10.3 Å². The van der Waals surface area contributed by atoms with Crippen LogP contribution in [0.4, 0.5) is 11.4 Å². The Morgan fingerprint density at radius 2 is 2.35 bits per heavy atom. The van der Waals surface area contributed by atoms with Gasteiger partial charge in [-0.2, -0.15) is 5.26 Å². The summed E-state index contributed by atoms with van der Waals surface area (Å²) >= 11 is 1.57. The fraction of sp³-hybridized carbons (Fsp3) is 0.231. The van der Waals surface area contributed by atoms with Crippen molar-refractivity contribution in [1.29, 1.82) is 5.26 Å². The molecule has 1 aromatic heterocycles. The lowest BCUT2D eigenvalue weighted by atomic mass is 10.1. The van der Waals surface area contributed by atoms with Crippen LogP contribution < -0.4 is 5.32 Å². The highest BCUT2D eigenvalue weighted by Gasteiger charge is 2.19. The van der Waals surface area contributed by atoms with Crippen molar-refractivity contribution < 1.29 is 4.92 Å². The van der Waals surface area contributed by atoms with Crippen molar-refractivity contribution in [2.24, 2.45) is 0 Å². The molecular weight excluding hydrogens is 276 g/mol. The molecule has 1 aromatic carbocycles. The molecule has 2 aromatic rings. The number of rotatable bonds is 5. The SMILES string of the molecule is CCc1cnc(CNc2cccc(C#N)c2[N+](=O)[O-])s1. The van der Waals surface area contributed by atoms with E-state index in [9.17, 15) is 10.1 Å². The van der Waals surface area contributed by atoms with Crippen LogP contribution in [-0.2, 0) is 13.0 Å². The molecule has 0 spiro atoms. The molecule has 0 aliphatic rings. The minimum atomic E-state index is -0.541. The third-order valence-electron chi connectivity index (χ3n) is 2.72. The van der Waals surface area contributed by atoms with Crippen LogP contribution in [0.1, 0.15) is 22.4 Å². The highest BCUT2D eigenvalue weighted by molar-refractivity contribution is 7.11. The maximum absolute atomic E-state index is 11.1. The first-order valence-electron chi connectivity index (χ1n) is 6.00. The van der Waals surface area contributed by atoms with Gasteiger partial charge in [-0.05, 0) is 18.6 Å². The van der Waals surface area contributed by atoms with Gasteiger partial charge in [0.15, 0.2) is 0 Å². The van der Waals surface area contributed by atoms with Crippen LogP contribution in [0.5, 0.6) is 0 Å². The van der Waals surface area contributed by atoms with Crippen molar-refractivity contribution in [2.75, 3.05) is 5.32 Å². The number of nitrogens with one attached hydrogen (secondary N) is 1. The normalized spacial score (nSPS) is 10.0. The number of nitriles is 1. The maximum atomic E-state index is 11.1. The number of nitro groups is 1. The summed E-state index contributed by atoms with van der Waals surface area (Å²) in [4.78, 5) is 15.9. The van der Waals surface area contributed by atoms with Crippen molar-refractivity contribution in [3.05, 3.63) is 50.0 Å². The summed E-state index contributed by atoms with van der Waals surface area (Å²) in [6.45, 7) is 2.45. The Morgan fingerprint density at radius 3 is 2.95 bits per heavy atom. The van der Waals surface area contributed by atoms with Crippen LogP contribution in [-0.4, -0.2) is 9.91 Å².